The Hall–Kier alpha value is 0.100. The minimum atomic E-state index is -0.760. The molecular weight excluding hydrogens is 167 g/mol. The van der Waals surface area contributed by atoms with Crippen LogP contribution in [0, 0.1) is 5.41 Å². The largest absolute Gasteiger partial charge is 0.299 e. The summed E-state index contributed by atoms with van der Waals surface area (Å²) in [5, 5.41) is 0. The number of rotatable bonds is 3. The van der Waals surface area contributed by atoms with Gasteiger partial charge in [-0.3, -0.25) is 4.79 Å². The van der Waals surface area contributed by atoms with Crippen LogP contribution in [-0.4, -0.2) is 31.9 Å². The Morgan fingerprint density at radius 3 is 1.83 bits per heavy atom. The number of Topliss-reactive ketones (excluding diaryl/α,β-unsaturated/α-hetero) is 1. The zero-order chi connectivity index (χ0) is 9.99. The Bertz CT molecular complexity index is 160. The number of hydrogen-bond acceptors (Lipinski definition) is 1. The van der Waals surface area contributed by atoms with Gasteiger partial charge in [0.25, 0.3) is 0 Å². The lowest BCUT2D eigenvalue weighted by molar-refractivity contribution is -0.125. The van der Waals surface area contributed by atoms with E-state index in [1.54, 1.807) is 0 Å². The molecular formula is C10H22OP+. The van der Waals surface area contributed by atoms with Crippen LogP contribution in [0.5, 0.6) is 0 Å². The molecule has 0 unspecified atom stereocenters. The number of carbonyl (C=O) groups excluding carboxylic acids is 1. The molecule has 0 saturated heterocycles. The van der Waals surface area contributed by atoms with E-state index in [0.717, 1.165) is 12.6 Å². The maximum atomic E-state index is 11.5. The monoisotopic (exact) mass is 189 g/mol. The molecule has 0 amide bonds. The van der Waals surface area contributed by atoms with E-state index in [9.17, 15) is 4.79 Å². The van der Waals surface area contributed by atoms with Crippen LogP contribution >= 0.6 is 7.26 Å². The zero-order valence-corrected chi connectivity index (χ0v) is 10.2. The molecule has 0 aromatic rings. The van der Waals surface area contributed by atoms with Crippen molar-refractivity contribution in [3.05, 3.63) is 0 Å². The number of hydrogen-bond donors (Lipinski definition) is 0. The van der Waals surface area contributed by atoms with Crippen molar-refractivity contribution in [1.29, 1.82) is 0 Å². The molecule has 0 heterocycles. The molecule has 0 atom stereocenters. The van der Waals surface area contributed by atoms with E-state index in [2.05, 4.69) is 20.0 Å². The quantitative estimate of drug-likeness (QED) is 0.624. The van der Waals surface area contributed by atoms with Gasteiger partial charge in [0, 0.05) is 39.1 Å². The highest BCUT2D eigenvalue weighted by atomic mass is 31.2. The van der Waals surface area contributed by atoms with Gasteiger partial charge in [0.05, 0.1) is 6.16 Å². The predicted molar refractivity (Wildman–Crippen MR) is 58.6 cm³/mol. The summed E-state index contributed by atoms with van der Waals surface area (Å²) < 4.78 is 0. The summed E-state index contributed by atoms with van der Waals surface area (Å²) in [5.74, 6) is 0.400. The second kappa shape index (κ2) is 3.87. The van der Waals surface area contributed by atoms with Crippen LogP contribution in [0.4, 0.5) is 0 Å². The van der Waals surface area contributed by atoms with Crippen molar-refractivity contribution < 1.29 is 4.79 Å². The van der Waals surface area contributed by atoms with Gasteiger partial charge in [0.15, 0.2) is 0 Å². The van der Waals surface area contributed by atoms with Crippen LogP contribution in [0.15, 0.2) is 0 Å². The van der Waals surface area contributed by atoms with Crippen LogP contribution in [0.3, 0.4) is 0 Å². The number of ketones is 1. The molecule has 0 aromatic carbocycles. The summed E-state index contributed by atoms with van der Waals surface area (Å²) in [6, 6.07) is 0. The highest BCUT2D eigenvalue weighted by molar-refractivity contribution is 7.73. The van der Waals surface area contributed by atoms with Crippen LogP contribution in [0.25, 0.3) is 0 Å². The first-order valence-electron chi connectivity index (χ1n) is 4.47. The highest BCUT2D eigenvalue weighted by Gasteiger charge is 2.25. The second-order valence-electron chi connectivity index (χ2n) is 5.44. The Morgan fingerprint density at radius 1 is 1.17 bits per heavy atom. The minimum Gasteiger partial charge on any atom is -0.299 e. The third kappa shape index (κ3) is 5.71. The molecule has 1 nitrogen and oxygen atoms in total. The second-order valence-corrected chi connectivity index (χ2v) is 10.5. The van der Waals surface area contributed by atoms with Crippen molar-refractivity contribution in [1.82, 2.24) is 0 Å². The van der Waals surface area contributed by atoms with Gasteiger partial charge in [-0.05, 0) is 0 Å². The maximum absolute atomic E-state index is 11.5. The maximum Gasteiger partial charge on any atom is 0.141 e. The van der Waals surface area contributed by atoms with Crippen molar-refractivity contribution in [2.75, 3.05) is 26.2 Å². The molecule has 0 fully saturated rings. The molecule has 0 N–H and O–H groups in total. The summed E-state index contributed by atoms with van der Waals surface area (Å²) in [7, 11) is -0.760. The molecule has 0 bridgehead atoms. The van der Waals surface area contributed by atoms with E-state index in [0.29, 0.717) is 5.78 Å². The molecule has 2 heteroatoms. The van der Waals surface area contributed by atoms with E-state index in [-0.39, 0.29) is 5.41 Å². The first kappa shape index (κ1) is 12.1. The molecule has 0 aliphatic carbocycles. The van der Waals surface area contributed by atoms with E-state index < -0.39 is 7.26 Å². The summed E-state index contributed by atoms with van der Waals surface area (Å²) in [5.41, 5.74) is -0.144. The topological polar surface area (TPSA) is 17.1 Å². The zero-order valence-electron chi connectivity index (χ0n) is 9.27. The molecule has 0 saturated carbocycles. The molecule has 0 aromatic heterocycles. The SMILES string of the molecule is CC(C)(C)C(=O)CC[P+](C)(C)C. The summed E-state index contributed by atoms with van der Waals surface area (Å²) >= 11 is 0. The van der Waals surface area contributed by atoms with Gasteiger partial charge in [0.1, 0.15) is 5.78 Å². The van der Waals surface area contributed by atoms with Gasteiger partial charge in [-0.25, -0.2) is 0 Å². The summed E-state index contributed by atoms with van der Waals surface area (Å²) in [6.45, 7) is 12.8. The molecule has 0 aliphatic rings. The Kier molecular flexibility index (Phi) is 3.90. The third-order valence-corrected chi connectivity index (χ3v) is 3.41. The fourth-order valence-electron chi connectivity index (χ4n) is 0.812. The summed E-state index contributed by atoms with van der Waals surface area (Å²) in [6.07, 6.45) is 1.86. The average molecular weight is 189 g/mol. The van der Waals surface area contributed by atoms with Gasteiger partial charge in [-0.1, -0.05) is 20.8 Å². The van der Waals surface area contributed by atoms with Crippen molar-refractivity contribution >= 4 is 13.0 Å². The fourth-order valence-corrected chi connectivity index (χ4v) is 1.69. The van der Waals surface area contributed by atoms with Gasteiger partial charge in [-0.2, -0.15) is 0 Å². The average Bonchev–Trinajstić information content (AvgIpc) is 1.78. The van der Waals surface area contributed by atoms with E-state index in [4.69, 9.17) is 0 Å². The molecule has 12 heavy (non-hydrogen) atoms. The highest BCUT2D eigenvalue weighted by Crippen LogP contribution is 2.47. The standard InChI is InChI=1S/C10H22OP/c1-10(2,3)9(11)7-8-12(4,5)6/h7-8H2,1-6H3/q+1. The molecule has 0 aliphatic heterocycles. The lowest BCUT2D eigenvalue weighted by atomic mass is 9.89. The smallest absolute Gasteiger partial charge is 0.141 e. The van der Waals surface area contributed by atoms with E-state index in [1.165, 1.54) is 0 Å². The van der Waals surface area contributed by atoms with E-state index >= 15 is 0 Å². The van der Waals surface area contributed by atoms with Crippen LogP contribution in [0.1, 0.15) is 27.2 Å². The fraction of sp³-hybridized carbons (Fsp3) is 0.900. The van der Waals surface area contributed by atoms with Crippen molar-refractivity contribution in [3.8, 4) is 0 Å². The Morgan fingerprint density at radius 2 is 1.58 bits per heavy atom. The predicted octanol–water partition coefficient (Wildman–Crippen LogP) is 2.90. The van der Waals surface area contributed by atoms with Gasteiger partial charge in [-0.15, -0.1) is 0 Å². The Labute approximate surface area is 77.3 Å². The van der Waals surface area contributed by atoms with Crippen LogP contribution < -0.4 is 0 Å². The van der Waals surface area contributed by atoms with Crippen molar-refractivity contribution in [3.63, 3.8) is 0 Å². The Balaban J connectivity index is 3.90. The lowest BCUT2D eigenvalue weighted by Gasteiger charge is -2.18. The van der Waals surface area contributed by atoms with Crippen LogP contribution in [-0.2, 0) is 4.79 Å². The summed E-state index contributed by atoms with van der Waals surface area (Å²) in [4.78, 5) is 11.5. The first-order chi connectivity index (χ1) is 5.13. The number of carbonyl (C=O) groups is 1. The first-order valence-corrected chi connectivity index (χ1v) is 7.78. The molecule has 0 spiro atoms. The van der Waals surface area contributed by atoms with E-state index in [1.807, 2.05) is 20.8 Å². The van der Waals surface area contributed by atoms with Gasteiger partial charge < -0.3 is 0 Å². The van der Waals surface area contributed by atoms with Gasteiger partial charge >= 0.3 is 0 Å². The normalized spacial score (nSPS) is 13.2. The van der Waals surface area contributed by atoms with Crippen molar-refractivity contribution in [2.45, 2.75) is 27.2 Å². The van der Waals surface area contributed by atoms with Crippen molar-refractivity contribution in [2.24, 2.45) is 5.41 Å². The molecule has 0 radical (unpaired) electrons. The molecule has 72 valence electrons. The minimum absolute atomic E-state index is 0.144. The van der Waals surface area contributed by atoms with Gasteiger partial charge in [0.2, 0.25) is 0 Å². The third-order valence-electron chi connectivity index (χ3n) is 1.85. The molecule has 0 rings (SSSR count). The van der Waals surface area contributed by atoms with Crippen LogP contribution in [0.2, 0.25) is 0 Å². The lowest BCUT2D eigenvalue weighted by Crippen LogP contribution is -2.21.